The van der Waals surface area contributed by atoms with Gasteiger partial charge in [0, 0.05) is 18.5 Å². The van der Waals surface area contributed by atoms with E-state index in [1.54, 1.807) is 12.1 Å². The van der Waals surface area contributed by atoms with Crippen LogP contribution in [0.4, 0.5) is 0 Å². The summed E-state index contributed by atoms with van der Waals surface area (Å²) >= 11 is 0. The predicted octanol–water partition coefficient (Wildman–Crippen LogP) is 2.77. The molecule has 0 unspecified atom stereocenters. The molecule has 4 nitrogen and oxygen atoms in total. The first kappa shape index (κ1) is 18.6. The van der Waals surface area contributed by atoms with E-state index in [0.29, 0.717) is 30.9 Å². The predicted molar refractivity (Wildman–Crippen MR) is 81.5 cm³/mol. The highest BCUT2D eigenvalue weighted by Gasteiger charge is 2.18. The van der Waals surface area contributed by atoms with Crippen molar-refractivity contribution < 1.29 is 14.7 Å². The second-order valence-electron chi connectivity index (χ2n) is 5.01. The first-order valence-electron chi connectivity index (χ1n) is 6.55. The van der Waals surface area contributed by atoms with Gasteiger partial charge in [0.15, 0.2) is 5.78 Å². The molecule has 2 N–H and O–H groups in total. The van der Waals surface area contributed by atoms with Crippen molar-refractivity contribution in [3.05, 3.63) is 35.9 Å². The zero-order valence-electron chi connectivity index (χ0n) is 11.8. The Labute approximate surface area is 126 Å². The number of carboxylic acid groups (broad SMARTS) is 1. The Morgan fingerprint density at radius 2 is 1.80 bits per heavy atom. The van der Waals surface area contributed by atoms with E-state index in [0.717, 1.165) is 0 Å². The Hall–Kier alpha value is -1.39. The van der Waals surface area contributed by atoms with Gasteiger partial charge in [0.25, 0.3) is 0 Å². The van der Waals surface area contributed by atoms with Crippen LogP contribution < -0.4 is 5.32 Å². The molecule has 0 amide bonds. The molecule has 1 rings (SSSR count). The lowest BCUT2D eigenvalue weighted by atomic mass is 10.0. The van der Waals surface area contributed by atoms with Gasteiger partial charge in [-0.2, -0.15) is 0 Å². The van der Waals surface area contributed by atoms with E-state index in [1.165, 1.54) is 0 Å². The summed E-state index contributed by atoms with van der Waals surface area (Å²) in [5.41, 5.74) is 0.667. The number of aliphatic carboxylic acids is 1. The van der Waals surface area contributed by atoms with Crippen LogP contribution in [0, 0.1) is 5.92 Å². The summed E-state index contributed by atoms with van der Waals surface area (Å²) in [7, 11) is 0. The van der Waals surface area contributed by atoms with Gasteiger partial charge in [0.2, 0.25) is 0 Å². The summed E-state index contributed by atoms with van der Waals surface area (Å²) in [5.74, 6) is -0.527. The number of Topliss-reactive ketones (excluding diaryl/α,β-unsaturated/α-hetero) is 1. The average Bonchev–Trinajstić information content (AvgIpc) is 2.37. The monoisotopic (exact) mass is 299 g/mol. The number of hydrogen-bond acceptors (Lipinski definition) is 3. The number of halogens is 1. The Balaban J connectivity index is 0.00000361. The molecule has 0 radical (unpaired) electrons. The van der Waals surface area contributed by atoms with Crippen molar-refractivity contribution in [3.8, 4) is 0 Å². The second-order valence-corrected chi connectivity index (χ2v) is 5.01. The molecule has 0 aliphatic rings. The first-order valence-corrected chi connectivity index (χ1v) is 6.55. The third-order valence-electron chi connectivity index (χ3n) is 2.84. The fourth-order valence-corrected chi connectivity index (χ4v) is 1.87. The van der Waals surface area contributed by atoms with Gasteiger partial charge in [-0.05, 0) is 12.3 Å². The summed E-state index contributed by atoms with van der Waals surface area (Å²) in [4.78, 5) is 22.9. The van der Waals surface area contributed by atoms with Crippen LogP contribution >= 0.6 is 12.4 Å². The molecule has 0 saturated carbocycles. The number of carbonyl (C=O) groups is 2. The molecule has 0 spiro atoms. The zero-order chi connectivity index (χ0) is 14.3. The van der Waals surface area contributed by atoms with Gasteiger partial charge in [-0.25, -0.2) is 0 Å². The Morgan fingerprint density at radius 1 is 1.20 bits per heavy atom. The number of rotatable bonds is 8. The van der Waals surface area contributed by atoms with Gasteiger partial charge in [-0.1, -0.05) is 44.2 Å². The van der Waals surface area contributed by atoms with Crippen molar-refractivity contribution in [3.63, 3.8) is 0 Å². The summed E-state index contributed by atoms with van der Waals surface area (Å²) in [6.07, 6.45) is 0.876. The minimum Gasteiger partial charge on any atom is -0.480 e. The number of nitrogens with one attached hydrogen (secondary N) is 1. The lowest BCUT2D eigenvalue weighted by Gasteiger charge is -2.16. The number of carbonyl (C=O) groups excluding carboxylic acids is 1. The molecule has 1 aromatic rings. The summed E-state index contributed by atoms with van der Waals surface area (Å²) in [6, 6.07) is 8.46. The highest BCUT2D eigenvalue weighted by molar-refractivity contribution is 5.96. The molecule has 20 heavy (non-hydrogen) atoms. The topological polar surface area (TPSA) is 66.4 Å². The van der Waals surface area contributed by atoms with Crippen LogP contribution in [0.3, 0.4) is 0 Å². The fourth-order valence-electron chi connectivity index (χ4n) is 1.87. The minimum atomic E-state index is -0.860. The molecule has 0 aromatic heterocycles. The molecule has 112 valence electrons. The molecule has 0 saturated heterocycles. The Kier molecular flexibility index (Phi) is 8.84. The van der Waals surface area contributed by atoms with Gasteiger partial charge >= 0.3 is 5.97 Å². The SMILES string of the molecule is CC(C)C[C@H](NCCC(=O)c1ccccc1)C(=O)O.Cl. The number of carboxylic acids is 1. The van der Waals surface area contributed by atoms with Crippen LogP contribution in [0.25, 0.3) is 0 Å². The van der Waals surface area contributed by atoms with Gasteiger partial charge in [-0.3, -0.25) is 9.59 Å². The van der Waals surface area contributed by atoms with Crippen molar-refractivity contribution in [2.24, 2.45) is 5.92 Å². The average molecular weight is 300 g/mol. The Morgan fingerprint density at radius 3 is 2.30 bits per heavy atom. The number of benzene rings is 1. The van der Waals surface area contributed by atoms with Crippen LogP contribution in [0.2, 0.25) is 0 Å². The van der Waals surface area contributed by atoms with E-state index < -0.39 is 12.0 Å². The van der Waals surface area contributed by atoms with E-state index in [-0.39, 0.29) is 18.2 Å². The smallest absolute Gasteiger partial charge is 0.320 e. The molecule has 1 aromatic carbocycles. The van der Waals surface area contributed by atoms with Gasteiger partial charge < -0.3 is 10.4 Å². The molecule has 0 aliphatic heterocycles. The van der Waals surface area contributed by atoms with Crippen LogP contribution in [-0.2, 0) is 4.79 Å². The number of ketones is 1. The second kappa shape index (κ2) is 9.50. The van der Waals surface area contributed by atoms with Gasteiger partial charge in [0.1, 0.15) is 6.04 Å². The molecule has 0 fully saturated rings. The maximum atomic E-state index is 11.8. The molecule has 1 atom stereocenters. The molecule has 0 heterocycles. The largest absolute Gasteiger partial charge is 0.480 e. The van der Waals surface area contributed by atoms with E-state index in [1.807, 2.05) is 32.0 Å². The van der Waals surface area contributed by atoms with E-state index in [4.69, 9.17) is 5.11 Å². The summed E-state index contributed by atoms with van der Waals surface area (Å²) < 4.78 is 0. The fraction of sp³-hybridized carbons (Fsp3) is 0.467. The molecular formula is C15H22ClNO3. The van der Waals surface area contributed by atoms with Crippen molar-refractivity contribution in [1.29, 1.82) is 0 Å². The molecule has 0 bridgehead atoms. The molecular weight excluding hydrogens is 278 g/mol. The van der Waals surface area contributed by atoms with Crippen LogP contribution in [0.5, 0.6) is 0 Å². The summed E-state index contributed by atoms with van der Waals surface area (Å²) in [6.45, 7) is 4.34. The van der Waals surface area contributed by atoms with Crippen molar-refractivity contribution in [2.45, 2.75) is 32.7 Å². The van der Waals surface area contributed by atoms with Gasteiger partial charge in [0.05, 0.1) is 0 Å². The lowest BCUT2D eigenvalue weighted by Crippen LogP contribution is -2.38. The highest BCUT2D eigenvalue weighted by Crippen LogP contribution is 2.06. The lowest BCUT2D eigenvalue weighted by molar-refractivity contribution is -0.139. The maximum Gasteiger partial charge on any atom is 0.320 e. The third kappa shape index (κ3) is 6.68. The molecule has 5 heteroatoms. The van der Waals surface area contributed by atoms with Crippen molar-refractivity contribution in [2.75, 3.05) is 6.54 Å². The van der Waals surface area contributed by atoms with Crippen LogP contribution in [-0.4, -0.2) is 29.4 Å². The van der Waals surface area contributed by atoms with Gasteiger partial charge in [-0.15, -0.1) is 12.4 Å². The highest BCUT2D eigenvalue weighted by atomic mass is 35.5. The van der Waals surface area contributed by atoms with E-state index >= 15 is 0 Å². The molecule has 0 aliphatic carbocycles. The van der Waals surface area contributed by atoms with E-state index in [9.17, 15) is 9.59 Å². The van der Waals surface area contributed by atoms with E-state index in [2.05, 4.69) is 5.32 Å². The quantitative estimate of drug-likeness (QED) is 0.724. The van der Waals surface area contributed by atoms with Crippen molar-refractivity contribution >= 4 is 24.2 Å². The summed E-state index contributed by atoms with van der Waals surface area (Å²) in [5, 5.41) is 12.0. The zero-order valence-corrected chi connectivity index (χ0v) is 12.7. The van der Waals surface area contributed by atoms with Crippen LogP contribution in [0.1, 0.15) is 37.0 Å². The maximum absolute atomic E-state index is 11.8. The normalized spacial score (nSPS) is 11.8. The first-order chi connectivity index (χ1) is 9.00. The van der Waals surface area contributed by atoms with Crippen LogP contribution in [0.15, 0.2) is 30.3 Å². The standard InChI is InChI=1S/C15H21NO3.ClH/c1-11(2)10-13(15(18)19)16-9-8-14(17)12-6-4-3-5-7-12;/h3-7,11,13,16H,8-10H2,1-2H3,(H,18,19);1H/t13-;/m0./s1. The minimum absolute atomic E-state index is 0. The van der Waals surface area contributed by atoms with Crippen molar-refractivity contribution in [1.82, 2.24) is 5.32 Å². The Bertz CT molecular complexity index is 420. The number of hydrogen-bond donors (Lipinski definition) is 2. The third-order valence-corrected chi connectivity index (χ3v) is 2.84.